The number of hydrogen-bond donors (Lipinski definition) is 1. The van der Waals surface area contributed by atoms with Gasteiger partial charge in [0.1, 0.15) is 11.4 Å². The zero-order valence-electron chi connectivity index (χ0n) is 18.1. The Kier molecular flexibility index (Phi) is 4.79. The molecule has 1 aliphatic heterocycles. The summed E-state index contributed by atoms with van der Waals surface area (Å²) < 4.78 is 7.82. The fourth-order valence-corrected chi connectivity index (χ4v) is 5.45. The van der Waals surface area contributed by atoms with E-state index in [-0.39, 0.29) is 5.92 Å². The van der Waals surface area contributed by atoms with Gasteiger partial charge in [0, 0.05) is 18.0 Å². The van der Waals surface area contributed by atoms with Crippen LogP contribution in [0, 0.1) is 5.92 Å². The average Bonchev–Trinajstić information content (AvgIpc) is 3.14. The molecule has 6 nitrogen and oxygen atoms in total. The van der Waals surface area contributed by atoms with Crippen LogP contribution in [0.15, 0.2) is 30.5 Å². The molecule has 5 rings (SSSR count). The lowest BCUT2D eigenvalue weighted by Gasteiger charge is -2.41. The number of aliphatic hydroxyl groups is 1. The van der Waals surface area contributed by atoms with Crippen molar-refractivity contribution in [2.24, 2.45) is 5.92 Å². The zero-order valence-corrected chi connectivity index (χ0v) is 18.1. The van der Waals surface area contributed by atoms with E-state index in [1.54, 1.807) is 7.11 Å². The van der Waals surface area contributed by atoms with Crippen molar-refractivity contribution in [1.82, 2.24) is 19.7 Å². The number of fused-ring (bicyclic) bond motifs is 3. The summed E-state index contributed by atoms with van der Waals surface area (Å²) in [7, 11) is 3.87. The van der Waals surface area contributed by atoms with Crippen LogP contribution in [0.4, 0.5) is 0 Å². The smallest absolute Gasteiger partial charge is 0.161 e. The molecule has 0 amide bonds. The van der Waals surface area contributed by atoms with Gasteiger partial charge in [-0.2, -0.15) is 5.10 Å². The number of likely N-dealkylation sites (tertiary alicyclic amines) is 1. The third kappa shape index (κ3) is 2.77. The molecule has 1 atom stereocenters. The minimum atomic E-state index is -1.13. The van der Waals surface area contributed by atoms with Crippen LogP contribution in [0.5, 0.6) is 5.75 Å². The fourth-order valence-electron chi connectivity index (χ4n) is 5.45. The van der Waals surface area contributed by atoms with Crippen molar-refractivity contribution in [2.75, 3.05) is 27.2 Å². The molecule has 2 aliphatic rings. The van der Waals surface area contributed by atoms with Gasteiger partial charge in [-0.05, 0) is 63.9 Å². The SMILES string of the molecule is CCn1ncc2c(OC)c3c(nc21)C(O)(C1CCN(C)CC1)c1ccccc1CC3. The number of hydrogen-bond acceptors (Lipinski definition) is 5. The molecule has 2 aromatic heterocycles. The van der Waals surface area contributed by atoms with Crippen molar-refractivity contribution in [3.8, 4) is 5.75 Å². The first-order valence-corrected chi connectivity index (χ1v) is 11.0. The van der Waals surface area contributed by atoms with Gasteiger partial charge in [0.2, 0.25) is 0 Å². The zero-order chi connectivity index (χ0) is 20.9. The molecular weight excluding hydrogens is 376 g/mol. The summed E-state index contributed by atoms with van der Waals surface area (Å²) in [4.78, 5) is 7.46. The number of ether oxygens (including phenoxy) is 1. The Morgan fingerprint density at radius 3 is 2.70 bits per heavy atom. The lowest BCUT2D eigenvalue weighted by Crippen LogP contribution is -2.44. The van der Waals surface area contributed by atoms with E-state index in [9.17, 15) is 5.11 Å². The van der Waals surface area contributed by atoms with Gasteiger partial charge in [-0.15, -0.1) is 0 Å². The van der Waals surface area contributed by atoms with Gasteiger partial charge in [0.15, 0.2) is 5.65 Å². The van der Waals surface area contributed by atoms with Crippen molar-refractivity contribution in [3.63, 3.8) is 0 Å². The predicted molar refractivity (Wildman–Crippen MR) is 117 cm³/mol. The van der Waals surface area contributed by atoms with Crippen LogP contribution in [-0.4, -0.2) is 52.0 Å². The standard InChI is InChI=1S/C24H30N4O2/c1-4-28-23-19(15-25-28)21(30-3)18-10-9-16-7-5-6-8-20(16)24(29,22(18)26-23)17-11-13-27(2)14-12-17/h5-8,15,17,29H,4,9-14H2,1-3H3. The van der Waals surface area contributed by atoms with Crippen LogP contribution in [-0.2, 0) is 25.0 Å². The topological polar surface area (TPSA) is 63.4 Å². The van der Waals surface area contributed by atoms with Gasteiger partial charge < -0.3 is 14.7 Å². The van der Waals surface area contributed by atoms with Gasteiger partial charge in [-0.3, -0.25) is 0 Å². The van der Waals surface area contributed by atoms with Gasteiger partial charge >= 0.3 is 0 Å². The quantitative estimate of drug-likeness (QED) is 0.724. The van der Waals surface area contributed by atoms with Crippen molar-refractivity contribution in [1.29, 1.82) is 0 Å². The molecule has 0 bridgehead atoms. The van der Waals surface area contributed by atoms with E-state index >= 15 is 0 Å². The molecule has 0 spiro atoms. The first-order chi connectivity index (χ1) is 14.6. The lowest BCUT2D eigenvalue weighted by molar-refractivity contribution is -0.0147. The molecule has 0 radical (unpaired) electrons. The number of piperidine rings is 1. The second kappa shape index (κ2) is 7.36. The normalized spacial score (nSPS) is 22.5. The molecule has 6 heteroatoms. The maximum atomic E-state index is 12.6. The van der Waals surface area contributed by atoms with Crippen LogP contribution in [0.25, 0.3) is 11.0 Å². The summed E-state index contributed by atoms with van der Waals surface area (Å²) in [5.41, 5.74) is 3.67. The van der Waals surface area contributed by atoms with E-state index in [1.807, 2.05) is 16.9 Å². The van der Waals surface area contributed by atoms with Gasteiger partial charge in [0.05, 0.1) is 24.4 Å². The summed E-state index contributed by atoms with van der Waals surface area (Å²) in [5.74, 6) is 0.924. The first kappa shape index (κ1) is 19.5. The highest BCUT2D eigenvalue weighted by molar-refractivity contribution is 5.84. The maximum Gasteiger partial charge on any atom is 0.161 e. The Balaban J connectivity index is 1.81. The largest absolute Gasteiger partial charge is 0.496 e. The van der Waals surface area contributed by atoms with E-state index < -0.39 is 5.60 Å². The number of methoxy groups -OCH3 is 1. The number of aromatic nitrogens is 3. The molecule has 1 N–H and O–H groups in total. The monoisotopic (exact) mass is 406 g/mol. The summed E-state index contributed by atoms with van der Waals surface area (Å²) in [6.07, 6.45) is 5.39. The molecule has 1 aromatic carbocycles. The molecule has 158 valence electrons. The molecule has 3 aromatic rings. The van der Waals surface area contributed by atoms with E-state index in [4.69, 9.17) is 9.72 Å². The second-order valence-electron chi connectivity index (χ2n) is 8.67. The molecule has 1 fully saturated rings. The van der Waals surface area contributed by atoms with Gasteiger partial charge in [-0.25, -0.2) is 9.67 Å². The van der Waals surface area contributed by atoms with Crippen molar-refractivity contribution in [2.45, 2.75) is 44.8 Å². The number of pyridine rings is 1. The maximum absolute atomic E-state index is 12.6. The molecule has 1 aliphatic carbocycles. The van der Waals surface area contributed by atoms with Crippen LogP contribution >= 0.6 is 0 Å². The molecule has 0 saturated carbocycles. The third-order valence-corrected chi connectivity index (χ3v) is 7.08. The van der Waals surface area contributed by atoms with Gasteiger partial charge in [-0.1, -0.05) is 24.3 Å². The Labute approximate surface area is 177 Å². The molecule has 3 heterocycles. The number of benzene rings is 1. The predicted octanol–water partition coefficient (Wildman–Crippen LogP) is 3.14. The summed E-state index contributed by atoms with van der Waals surface area (Å²) in [6, 6.07) is 8.36. The molecule has 30 heavy (non-hydrogen) atoms. The van der Waals surface area contributed by atoms with Gasteiger partial charge in [0.25, 0.3) is 0 Å². The third-order valence-electron chi connectivity index (χ3n) is 7.08. The van der Waals surface area contributed by atoms with E-state index in [0.29, 0.717) is 0 Å². The Hall–Kier alpha value is -2.44. The molecule has 1 saturated heterocycles. The number of nitrogens with zero attached hydrogens (tertiary/aromatic N) is 4. The highest BCUT2D eigenvalue weighted by Crippen LogP contribution is 2.48. The van der Waals surface area contributed by atoms with Crippen LogP contribution in [0.2, 0.25) is 0 Å². The average molecular weight is 407 g/mol. The number of aryl methyl sites for hydroxylation is 2. The van der Waals surface area contributed by atoms with E-state index in [1.165, 1.54) is 5.56 Å². The minimum Gasteiger partial charge on any atom is -0.496 e. The molecular formula is C24H30N4O2. The second-order valence-corrected chi connectivity index (χ2v) is 8.67. The summed E-state index contributed by atoms with van der Waals surface area (Å²) >= 11 is 0. The van der Waals surface area contributed by atoms with Crippen LogP contribution in [0.3, 0.4) is 0 Å². The van der Waals surface area contributed by atoms with Crippen molar-refractivity contribution >= 4 is 11.0 Å². The Bertz CT molecular complexity index is 1080. The highest BCUT2D eigenvalue weighted by Gasteiger charge is 2.47. The van der Waals surface area contributed by atoms with Crippen LogP contribution < -0.4 is 4.74 Å². The van der Waals surface area contributed by atoms with Crippen molar-refractivity contribution in [3.05, 3.63) is 52.8 Å². The minimum absolute atomic E-state index is 0.111. The molecule has 1 unspecified atom stereocenters. The van der Waals surface area contributed by atoms with Crippen molar-refractivity contribution < 1.29 is 9.84 Å². The summed E-state index contributed by atoms with van der Waals surface area (Å²) in [6.45, 7) is 4.75. The number of rotatable bonds is 3. The highest BCUT2D eigenvalue weighted by atomic mass is 16.5. The first-order valence-electron chi connectivity index (χ1n) is 11.0. The Morgan fingerprint density at radius 1 is 1.20 bits per heavy atom. The van der Waals surface area contributed by atoms with E-state index in [2.05, 4.69) is 42.2 Å². The van der Waals surface area contributed by atoms with E-state index in [0.717, 1.165) is 78.9 Å². The summed E-state index contributed by atoms with van der Waals surface area (Å²) in [5, 5.41) is 18.0. The Morgan fingerprint density at radius 2 is 1.97 bits per heavy atom. The fraction of sp³-hybridized carbons (Fsp3) is 0.500. The lowest BCUT2D eigenvalue weighted by atomic mass is 9.72. The van der Waals surface area contributed by atoms with Crippen LogP contribution in [0.1, 0.15) is 42.1 Å².